The van der Waals surface area contributed by atoms with E-state index in [1.54, 1.807) is 29.2 Å². The molecular formula is C17H13BrCl2N4O. The largest absolute Gasteiger partial charge is 0.391 e. The van der Waals surface area contributed by atoms with Crippen LogP contribution in [0.5, 0.6) is 0 Å². The summed E-state index contributed by atoms with van der Waals surface area (Å²) >= 11 is 15.7. The van der Waals surface area contributed by atoms with Crippen LogP contribution in [0.1, 0.15) is 11.1 Å². The Kier molecular flexibility index (Phi) is 6.07. The molecule has 3 aromatic rings. The molecule has 0 saturated carbocycles. The summed E-state index contributed by atoms with van der Waals surface area (Å²) in [7, 11) is 0. The smallest absolute Gasteiger partial charge is 0.145 e. The van der Waals surface area contributed by atoms with Gasteiger partial charge >= 0.3 is 0 Å². The van der Waals surface area contributed by atoms with Crippen molar-refractivity contribution in [3.63, 3.8) is 0 Å². The van der Waals surface area contributed by atoms with Gasteiger partial charge in [0.05, 0.1) is 6.54 Å². The molecule has 0 radical (unpaired) electrons. The van der Waals surface area contributed by atoms with Gasteiger partial charge in [0.2, 0.25) is 0 Å². The molecule has 0 unspecified atom stereocenters. The Balaban J connectivity index is 1.81. The molecule has 8 heteroatoms. The summed E-state index contributed by atoms with van der Waals surface area (Å²) in [4.78, 5) is 9.47. The van der Waals surface area contributed by atoms with E-state index in [2.05, 4.69) is 31.2 Å². The first-order valence-electron chi connectivity index (χ1n) is 7.33. The molecule has 0 aliphatic rings. The predicted octanol–water partition coefficient (Wildman–Crippen LogP) is 4.97. The first-order valence-corrected chi connectivity index (χ1v) is 8.88. The van der Waals surface area contributed by atoms with Gasteiger partial charge in [0, 0.05) is 25.6 Å². The van der Waals surface area contributed by atoms with E-state index in [1.807, 2.05) is 24.3 Å². The van der Waals surface area contributed by atoms with Gasteiger partial charge in [0.1, 0.15) is 25.0 Å². The molecule has 0 aliphatic heterocycles. The molecule has 25 heavy (non-hydrogen) atoms. The van der Waals surface area contributed by atoms with Gasteiger partial charge in [0.25, 0.3) is 0 Å². The van der Waals surface area contributed by atoms with Crippen LogP contribution in [0.25, 0.3) is 0 Å². The zero-order valence-corrected chi connectivity index (χ0v) is 16.0. The number of nitrogens with zero attached hydrogens (tertiary/aromatic N) is 4. The normalized spacial score (nSPS) is 11.6. The highest BCUT2D eigenvalue weighted by atomic mass is 79.9. The highest BCUT2D eigenvalue weighted by Gasteiger charge is 2.09. The van der Waals surface area contributed by atoms with Gasteiger partial charge in [0.15, 0.2) is 0 Å². The van der Waals surface area contributed by atoms with Crippen LogP contribution < -0.4 is 0 Å². The minimum absolute atomic E-state index is 0.176. The van der Waals surface area contributed by atoms with Crippen molar-refractivity contribution in [3.05, 3.63) is 80.8 Å². The zero-order chi connectivity index (χ0) is 17.6. The monoisotopic (exact) mass is 438 g/mol. The molecule has 128 valence electrons. The first-order chi connectivity index (χ1) is 12.1. The van der Waals surface area contributed by atoms with Gasteiger partial charge in [-0.3, -0.25) is 0 Å². The second-order valence-electron chi connectivity index (χ2n) is 5.11. The molecule has 1 aromatic heterocycles. The van der Waals surface area contributed by atoms with Gasteiger partial charge < -0.3 is 4.84 Å². The molecule has 3 rings (SSSR count). The highest BCUT2D eigenvalue weighted by Crippen LogP contribution is 2.25. The van der Waals surface area contributed by atoms with E-state index in [-0.39, 0.29) is 6.61 Å². The Hall–Kier alpha value is -1.89. The number of oxime groups is 1. The lowest BCUT2D eigenvalue weighted by Gasteiger charge is -2.09. The summed E-state index contributed by atoms with van der Waals surface area (Å²) in [6, 6.07) is 13.1. The molecular weight excluding hydrogens is 427 g/mol. The van der Waals surface area contributed by atoms with E-state index < -0.39 is 0 Å². The van der Waals surface area contributed by atoms with Crippen molar-refractivity contribution in [1.29, 1.82) is 0 Å². The van der Waals surface area contributed by atoms with Crippen molar-refractivity contribution in [2.45, 2.75) is 13.2 Å². The van der Waals surface area contributed by atoms with Crippen LogP contribution in [0.2, 0.25) is 10.0 Å². The summed E-state index contributed by atoms with van der Waals surface area (Å²) in [5.41, 5.74) is 2.33. The lowest BCUT2D eigenvalue weighted by molar-refractivity contribution is 0.130. The molecule has 0 fully saturated rings. The quantitative estimate of drug-likeness (QED) is 0.402. The third-order valence-corrected chi connectivity index (χ3v) is 4.64. The molecule has 0 N–H and O–H groups in total. The van der Waals surface area contributed by atoms with Gasteiger partial charge in [-0.1, -0.05) is 62.5 Å². The van der Waals surface area contributed by atoms with E-state index in [0.717, 1.165) is 10.0 Å². The molecule has 0 amide bonds. The fourth-order valence-corrected chi connectivity index (χ4v) is 2.90. The van der Waals surface area contributed by atoms with Crippen molar-refractivity contribution < 1.29 is 4.84 Å². The molecule has 0 aliphatic carbocycles. The van der Waals surface area contributed by atoms with Crippen LogP contribution in [0, 0.1) is 0 Å². The zero-order valence-electron chi connectivity index (χ0n) is 12.9. The lowest BCUT2D eigenvalue weighted by atomic mass is 10.1. The molecule has 0 bridgehead atoms. The highest BCUT2D eigenvalue weighted by molar-refractivity contribution is 9.10. The van der Waals surface area contributed by atoms with E-state index in [0.29, 0.717) is 27.9 Å². The van der Waals surface area contributed by atoms with E-state index in [1.165, 1.54) is 6.33 Å². The van der Waals surface area contributed by atoms with Crippen LogP contribution in [-0.2, 0) is 18.0 Å². The van der Waals surface area contributed by atoms with Gasteiger partial charge in [-0.25, -0.2) is 9.67 Å². The number of benzene rings is 2. The first kappa shape index (κ1) is 17.9. The van der Waals surface area contributed by atoms with Gasteiger partial charge in [-0.2, -0.15) is 5.10 Å². The second-order valence-corrected chi connectivity index (χ2v) is 6.84. The fraction of sp³-hybridized carbons (Fsp3) is 0.118. The van der Waals surface area contributed by atoms with Crippen LogP contribution >= 0.6 is 39.1 Å². The van der Waals surface area contributed by atoms with Crippen molar-refractivity contribution in [3.8, 4) is 0 Å². The summed E-state index contributed by atoms with van der Waals surface area (Å²) < 4.78 is 2.66. The average Bonchev–Trinajstić information content (AvgIpc) is 3.10. The van der Waals surface area contributed by atoms with Gasteiger partial charge in [-0.05, 0) is 24.3 Å². The van der Waals surface area contributed by atoms with Crippen molar-refractivity contribution in [1.82, 2.24) is 14.8 Å². The van der Waals surface area contributed by atoms with Gasteiger partial charge in [-0.15, -0.1) is 0 Å². The average molecular weight is 440 g/mol. The Bertz CT molecular complexity index is 847. The maximum atomic E-state index is 6.15. The van der Waals surface area contributed by atoms with E-state index >= 15 is 0 Å². The summed E-state index contributed by atoms with van der Waals surface area (Å²) in [6.45, 7) is 0.605. The number of hydrogen-bond donors (Lipinski definition) is 0. The maximum absolute atomic E-state index is 6.15. The summed E-state index contributed by atoms with van der Waals surface area (Å²) in [5, 5.41) is 9.47. The predicted molar refractivity (Wildman–Crippen MR) is 102 cm³/mol. The summed E-state index contributed by atoms with van der Waals surface area (Å²) in [5.74, 6) is 0. The fourth-order valence-electron chi connectivity index (χ4n) is 2.13. The molecule has 2 aromatic carbocycles. The van der Waals surface area contributed by atoms with Crippen LogP contribution in [0.15, 0.2) is 64.7 Å². The van der Waals surface area contributed by atoms with E-state index in [4.69, 9.17) is 28.0 Å². The Morgan fingerprint density at radius 3 is 2.48 bits per heavy atom. The number of aromatic nitrogens is 3. The number of halogens is 3. The van der Waals surface area contributed by atoms with Crippen molar-refractivity contribution in [2.24, 2.45) is 5.16 Å². The Labute approximate surface area is 163 Å². The molecule has 0 spiro atoms. The summed E-state index contributed by atoms with van der Waals surface area (Å²) in [6.07, 6.45) is 3.10. The third kappa shape index (κ3) is 4.81. The lowest BCUT2D eigenvalue weighted by Crippen LogP contribution is -2.13. The minimum atomic E-state index is 0.176. The Morgan fingerprint density at radius 2 is 1.84 bits per heavy atom. The third-order valence-electron chi connectivity index (χ3n) is 3.40. The topological polar surface area (TPSA) is 52.3 Å². The van der Waals surface area contributed by atoms with Crippen molar-refractivity contribution >= 4 is 44.8 Å². The van der Waals surface area contributed by atoms with Crippen molar-refractivity contribution in [2.75, 3.05) is 0 Å². The van der Waals surface area contributed by atoms with E-state index in [9.17, 15) is 0 Å². The van der Waals surface area contributed by atoms with Crippen LogP contribution in [-0.4, -0.2) is 20.5 Å². The number of rotatable bonds is 6. The molecule has 1 heterocycles. The number of hydrogen-bond acceptors (Lipinski definition) is 4. The maximum Gasteiger partial charge on any atom is 0.145 e. The minimum Gasteiger partial charge on any atom is -0.391 e. The molecule has 0 saturated heterocycles. The SMILES string of the molecule is Clc1cccc(Cl)c1CON=C(Cn1cncn1)c1ccc(Br)cc1. The van der Waals surface area contributed by atoms with Crippen LogP contribution in [0.4, 0.5) is 0 Å². The molecule has 0 atom stereocenters. The Morgan fingerprint density at radius 1 is 1.12 bits per heavy atom. The molecule has 5 nitrogen and oxygen atoms in total. The van der Waals surface area contributed by atoms with Crippen LogP contribution in [0.3, 0.4) is 0 Å². The standard InChI is InChI=1S/C17H13BrCl2N4O/c18-13-6-4-12(5-7-13)17(8-24-11-21-10-22-24)23-25-9-14-15(19)2-1-3-16(14)20/h1-7,10-11H,8-9H2. The second kappa shape index (κ2) is 8.47.